The van der Waals surface area contributed by atoms with Crippen LogP contribution in [0.5, 0.6) is 0 Å². The number of anilines is 1. The summed E-state index contributed by atoms with van der Waals surface area (Å²) < 4.78 is 1.21. The second kappa shape index (κ2) is 5.99. The third-order valence-electron chi connectivity index (χ3n) is 3.68. The van der Waals surface area contributed by atoms with Gasteiger partial charge in [0.2, 0.25) is 5.91 Å². The van der Waals surface area contributed by atoms with Crippen LogP contribution in [0.3, 0.4) is 0 Å². The van der Waals surface area contributed by atoms with E-state index in [0.29, 0.717) is 6.42 Å². The van der Waals surface area contributed by atoms with E-state index in [1.54, 1.807) is 11.3 Å². The Kier molecular flexibility index (Phi) is 4.07. The van der Waals surface area contributed by atoms with Gasteiger partial charge < -0.3 is 15.5 Å². The number of aromatic nitrogens is 1. The molecule has 0 aliphatic carbocycles. The Morgan fingerprint density at radius 3 is 2.71 bits per heavy atom. The summed E-state index contributed by atoms with van der Waals surface area (Å²) in [6.45, 7) is 5.05. The molecule has 1 aliphatic heterocycles. The number of carbonyl (C=O) groups is 1. The molecule has 1 aromatic carbocycles. The molecule has 6 heteroatoms. The summed E-state index contributed by atoms with van der Waals surface area (Å²) in [5, 5.41) is 1.05. The number of para-hydroxylation sites is 1. The number of carbonyl (C=O) groups excluding carboxylic acids is 1. The first-order valence-corrected chi connectivity index (χ1v) is 8.09. The van der Waals surface area contributed by atoms with E-state index in [4.69, 9.17) is 5.73 Å². The lowest BCUT2D eigenvalue weighted by molar-refractivity contribution is -0.131. The molecule has 1 saturated heterocycles. The number of thiazole rings is 1. The molecule has 5 nitrogen and oxygen atoms in total. The molecule has 2 N–H and O–H groups in total. The summed E-state index contributed by atoms with van der Waals surface area (Å²) in [5.41, 5.74) is 6.74. The van der Waals surface area contributed by atoms with Crippen LogP contribution in [0.1, 0.15) is 13.3 Å². The molecule has 0 saturated carbocycles. The summed E-state index contributed by atoms with van der Waals surface area (Å²) in [5.74, 6) is 0.161. The maximum atomic E-state index is 12.0. The number of nitrogens with two attached hydrogens (primary N) is 1. The maximum Gasteiger partial charge on any atom is 0.224 e. The van der Waals surface area contributed by atoms with E-state index in [9.17, 15) is 4.79 Å². The number of amides is 1. The molecule has 2 heterocycles. The molecular weight excluding hydrogens is 284 g/mol. The highest BCUT2D eigenvalue weighted by Gasteiger charge is 2.23. The van der Waals surface area contributed by atoms with Crippen molar-refractivity contribution < 1.29 is 4.79 Å². The smallest absolute Gasteiger partial charge is 0.224 e. The summed E-state index contributed by atoms with van der Waals surface area (Å²) in [4.78, 5) is 20.9. The van der Waals surface area contributed by atoms with Crippen LogP contribution >= 0.6 is 11.3 Å². The summed E-state index contributed by atoms with van der Waals surface area (Å²) >= 11 is 1.72. The molecule has 0 bridgehead atoms. The van der Waals surface area contributed by atoms with Crippen molar-refractivity contribution in [2.45, 2.75) is 19.4 Å². The number of hydrogen-bond donors (Lipinski definition) is 1. The second-order valence-corrected chi connectivity index (χ2v) is 6.52. The summed E-state index contributed by atoms with van der Waals surface area (Å²) in [6, 6.07) is 8.11. The van der Waals surface area contributed by atoms with Crippen molar-refractivity contribution >= 4 is 32.6 Å². The predicted octanol–water partition coefficient (Wildman–Crippen LogP) is 1.68. The van der Waals surface area contributed by atoms with E-state index in [0.717, 1.165) is 36.8 Å². The van der Waals surface area contributed by atoms with Gasteiger partial charge in [-0.15, -0.1) is 0 Å². The summed E-state index contributed by atoms with van der Waals surface area (Å²) in [7, 11) is 0. The van der Waals surface area contributed by atoms with Gasteiger partial charge in [-0.1, -0.05) is 23.5 Å². The highest BCUT2D eigenvalue weighted by molar-refractivity contribution is 7.22. The molecule has 1 aromatic heterocycles. The fourth-order valence-corrected chi connectivity index (χ4v) is 3.56. The molecule has 0 radical (unpaired) electrons. The first-order valence-electron chi connectivity index (χ1n) is 7.27. The molecule has 0 spiro atoms. The lowest BCUT2D eigenvalue weighted by Crippen LogP contribution is -2.49. The van der Waals surface area contributed by atoms with Crippen LogP contribution in [0, 0.1) is 0 Å². The van der Waals surface area contributed by atoms with E-state index in [1.165, 1.54) is 4.70 Å². The highest BCUT2D eigenvalue weighted by Crippen LogP contribution is 2.29. The minimum absolute atomic E-state index is 0.0696. The van der Waals surface area contributed by atoms with E-state index in [-0.39, 0.29) is 11.9 Å². The zero-order valence-corrected chi connectivity index (χ0v) is 13.0. The zero-order valence-electron chi connectivity index (χ0n) is 12.2. The normalized spacial score (nSPS) is 17.2. The molecule has 112 valence electrons. The number of benzene rings is 1. The monoisotopic (exact) mass is 304 g/mol. The van der Waals surface area contributed by atoms with E-state index >= 15 is 0 Å². The van der Waals surface area contributed by atoms with Crippen LogP contribution in [0.25, 0.3) is 10.2 Å². The number of rotatable bonds is 3. The van der Waals surface area contributed by atoms with Crippen LogP contribution in [-0.2, 0) is 4.79 Å². The molecule has 1 fully saturated rings. The molecular formula is C15H20N4OS. The van der Waals surface area contributed by atoms with Gasteiger partial charge in [-0.3, -0.25) is 4.79 Å². The third-order valence-corrected chi connectivity index (χ3v) is 4.78. The van der Waals surface area contributed by atoms with Crippen LogP contribution in [0.15, 0.2) is 24.3 Å². The predicted molar refractivity (Wildman–Crippen MR) is 86.7 cm³/mol. The number of fused-ring (bicyclic) bond motifs is 1. The largest absolute Gasteiger partial charge is 0.345 e. The van der Waals surface area contributed by atoms with Gasteiger partial charge >= 0.3 is 0 Å². The molecule has 1 atom stereocenters. The summed E-state index contributed by atoms with van der Waals surface area (Å²) in [6.07, 6.45) is 0.432. The number of hydrogen-bond acceptors (Lipinski definition) is 5. The van der Waals surface area contributed by atoms with E-state index in [2.05, 4.69) is 16.0 Å². The average molecular weight is 304 g/mol. The Balaban J connectivity index is 1.64. The lowest BCUT2D eigenvalue weighted by atomic mass is 10.2. The zero-order chi connectivity index (χ0) is 14.8. The fourth-order valence-electron chi connectivity index (χ4n) is 2.55. The van der Waals surface area contributed by atoms with Crippen molar-refractivity contribution in [3.8, 4) is 0 Å². The number of piperazine rings is 1. The Labute approximate surface area is 128 Å². The van der Waals surface area contributed by atoms with Crippen molar-refractivity contribution in [1.29, 1.82) is 0 Å². The fraction of sp³-hybridized carbons (Fsp3) is 0.467. The van der Waals surface area contributed by atoms with E-state index in [1.807, 2.05) is 30.0 Å². The minimum Gasteiger partial charge on any atom is -0.345 e. The first kappa shape index (κ1) is 14.3. The van der Waals surface area contributed by atoms with Crippen molar-refractivity contribution in [3.63, 3.8) is 0 Å². The van der Waals surface area contributed by atoms with Crippen molar-refractivity contribution in [3.05, 3.63) is 24.3 Å². The molecule has 21 heavy (non-hydrogen) atoms. The van der Waals surface area contributed by atoms with Gasteiger partial charge in [0.25, 0.3) is 0 Å². The van der Waals surface area contributed by atoms with Crippen molar-refractivity contribution in [2.75, 3.05) is 31.1 Å². The Hall–Kier alpha value is -1.66. The van der Waals surface area contributed by atoms with Gasteiger partial charge in [-0.2, -0.15) is 0 Å². The Morgan fingerprint density at radius 1 is 1.33 bits per heavy atom. The SMILES string of the molecule is CC(N)CC(=O)N1CCN(c2nc3ccccc3s2)CC1. The first-order chi connectivity index (χ1) is 10.1. The van der Waals surface area contributed by atoms with Crippen LogP contribution in [-0.4, -0.2) is 48.0 Å². The molecule has 1 aliphatic rings. The maximum absolute atomic E-state index is 12.0. The van der Waals surface area contributed by atoms with Crippen LogP contribution in [0.4, 0.5) is 5.13 Å². The number of nitrogens with zero attached hydrogens (tertiary/aromatic N) is 3. The molecule has 2 aromatic rings. The van der Waals surface area contributed by atoms with Gasteiger partial charge in [0, 0.05) is 38.6 Å². The van der Waals surface area contributed by atoms with Gasteiger partial charge in [0.05, 0.1) is 10.2 Å². The standard InChI is InChI=1S/C15H20N4OS/c1-11(16)10-14(20)18-6-8-19(9-7-18)15-17-12-4-2-3-5-13(12)21-15/h2-5,11H,6-10,16H2,1H3. The molecule has 1 unspecified atom stereocenters. The average Bonchev–Trinajstić information content (AvgIpc) is 2.90. The van der Waals surface area contributed by atoms with Crippen LogP contribution < -0.4 is 10.6 Å². The quantitative estimate of drug-likeness (QED) is 0.937. The Bertz CT molecular complexity index is 598. The van der Waals surface area contributed by atoms with Gasteiger partial charge in [0.1, 0.15) is 0 Å². The van der Waals surface area contributed by atoms with Gasteiger partial charge in [-0.05, 0) is 19.1 Å². The van der Waals surface area contributed by atoms with Gasteiger partial charge in [-0.25, -0.2) is 4.98 Å². The highest BCUT2D eigenvalue weighted by atomic mass is 32.1. The van der Waals surface area contributed by atoms with Crippen molar-refractivity contribution in [2.24, 2.45) is 5.73 Å². The third kappa shape index (κ3) is 3.16. The van der Waals surface area contributed by atoms with Gasteiger partial charge in [0.15, 0.2) is 5.13 Å². The topological polar surface area (TPSA) is 62.5 Å². The minimum atomic E-state index is -0.0696. The lowest BCUT2D eigenvalue weighted by Gasteiger charge is -2.34. The molecule has 3 rings (SSSR count). The Morgan fingerprint density at radius 2 is 2.05 bits per heavy atom. The second-order valence-electron chi connectivity index (χ2n) is 5.51. The van der Waals surface area contributed by atoms with E-state index < -0.39 is 0 Å². The van der Waals surface area contributed by atoms with Crippen molar-refractivity contribution in [1.82, 2.24) is 9.88 Å². The molecule has 1 amide bonds. The van der Waals surface area contributed by atoms with Crippen LogP contribution in [0.2, 0.25) is 0 Å².